The highest BCUT2D eigenvalue weighted by Gasteiger charge is 2.31. The molecular formula is C15H11BrN2O3. The highest BCUT2D eigenvalue weighted by atomic mass is 79.9. The second-order valence-electron chi connectivity index (χ2n) is 4.61. The maximum Gasteiger partial charge on any atom is 0.339 e. The van der Waals surface area contributed by atoms with Crippen molar-refractivity contribution >= 4 is 33.6 Å². The Morgan fingerprint density at radius 3 is 2.86 bits per heavy atom. The number of anilines is 1. The Balaban J connectivity index is 1.75. The molecule has 5 nitrogen and oxygen atoms in total. The summed E-state index contributed by atoms with van der Waals surface area (Å²) in [5.74, 6) is -0.438. The Morgan fingerprint density at radius 1 is 1.29 bits per heavy atom. The summed E-state index contributed by atoms with van der Waals surface area (Å²) in [6.07, 6.45) is 1.11. The van der Waals surface area contributed by atoms with Gasteiger partial charge in [-0.05, 0) is 39.7 Å². The summed E-state index contributed by atoms with van der Waals surface area (Å²) >= 11 is 3.27. The van der Waals surface area contributed by atoms with E-state index in [1.54, 1.807) is 30.5 Å². The van der Waals surface area contributed by atoms with E-state index in [1.807, 2.05) is 12.1 Å². The fourth-order valence-electron chi connectivity index (χ4n) is 2.13. The van der Waals surface area contributed by atoms with E-state index in [-0.39, 0.29) is 5.91 Å². The number of hydrogen-bond donors (Lipinski definition) is 1. The molecule has 1 N–H and O–H groups in total. The van der Waals surface area contributed by atoms with Gasteiger partial charge in [0, 0.05) is 17.1 Å². The summed E-state index contributed by atoms with van der Waals surface area (Å²) in [5, 5.41) is 2.64. The molecule has 0 aliphatic carbocycles. The zero-order valence-electron chi connectivity index (χ0n) is 10.9. The van der Waals surface area contributed by atoms with Crippen LogP contribution in [0, 0.1) is 0 Å². The average molecular weight is 347 g/mol. The van der Waals surface area contributed by atoms with Crippen LogP contribution in [0.25, 0.3) is 0 Å². The minimum atomic E-state index is -0.835. The number of fused-ring (bicyclic) bond motifs is 1. The number of ether oxygens (including phenoxy) is 1. The minimum Gasteiger partial charge on any atom is -0.448 e. The third kappa shape index (κ3) is 2.95. The number of hydrogen-bond acceptors (Lipinski definition) is 4. The number of carbonyl (C=O) groups excluding carboxylic acids is 2. The minimum absolute atomic E-state index is 0.365. The number of rotatable bonds is 2. The molecule has 1 aromatic carbocycles. The van der Waals surface area contributed by atoms with Crippen LogP contribution in [0.4, 0.5) is 5.82 Å². The van der Waals surface area contributed by atoms with Crippen LogP contribution in [0.1, 0.15) is 15.9 Å². The lowest BCUT2D eigenvalue weighted by atomic mass is 9.98. The van der Waals surface area contributed by atoms with Crippen molar-refractivity contribution in [2.45, 2.75) is 12.5 Å². The van der Waals surface area contributed by atoms with Gasteiger partial charge in [0.15, 0.2) is 6.10 Å². The predicted octanol–water partition coefficient (Wildman–Crippen LogP) is 2.56. The van der Waals surface area contributed by atoms with Gasteiger partial charge in [0.25, 0.3) is 5.91 Å². The predicted molar refractivity (Wildman–Crippen MR) is 79.9 cm³/mol. The van der Waals surface area contributed by atoms with E-state index in [9.17, 15) is 9.59 Å². The Labute approximate surface area is 129 Å². The summed E-state index contributed by atoms with van der Waals surface area (Å²) in [6.45, 7) is 0. The molecule has 1 aliphatic heterocycles. The fourth-order valence-corrected chi connectivity index (χ4v) is 2.37. The molecule has 1 atom stereocenters. The molecule has 1 unspecified atom stereocenters. The number of esters is 1. The van der Waals surface area contributed by atoms with Crippen molar-refractivity contribution in [1.82, 2.24) is 4.98 Å². The van der Waals surface area contributed by atoms with E-state index < -0.39 is 12.1 Å². The van der Waals surface area contributed by atoms with E-state index >= 15 is 0 Å². The largest absolute Gasteiger partial charge is 0.448 e. The van der Waals surface area contributed by atoms with Gasteiger partial charge in [0.1, 0.15) is 5.82 Å². The fraction of sp³-hybridized carbons (Fsp3) is 0.133. The Bertz CT molecular complexity index is 700. The number of nitrogens with one attached hydrogen (secondary N) is 1. The molecule has 0 radical (unpaired) electrons. The van der Waals surface area contributed by atoms with Gasteiger partial charge in [-0.3, -0.25) is 4.79 Å². The standard InChI is InChI=1S/C15H11BrN2O3/c16-10-5-6-13(17-8-10)18-14(19)12-7-9-3-1-2-4-11(9)15(20)21-12/h1-6,8,12H,7H2,(H,17,18,19). The molecule has 0 fully saturated rings. The first-order valence-corrected chi connectivity index (χ1v) is 7.14. The van der Waals surface area contributed by atoms with Crippen LogP contribution in [0.5, 0.6) is 0 Å². The average Bonchev–Trinajstić information content (AvgIpc) is 2.49. The van der Waals surface area contributed by atoms with Crippen molar-refractivity contribution in [1.29, 1.82) is 0 Å². The van der Waals surface area contributed by atoms with Gasteiger partial charge in [-0.2, -0.15) is 0 Å². The number of aromatic nitrogens is 1. The summed E-state index contributed by atoms with van der Waals surface area (Å²) in [6, 6.07) is 10.6. The maximum atomic E-state index is 12.2. The van der Waals surface area contributed by atoms with Gasteiger partial charge < -0.3 is 10.1 Å². The van der Waals surface area contributed by atoms with Crippen molar-refractivity contribution in [2.24, 2.45) is 0 Å². The number of benzene rings is 1. The van der Waals surface area contributed by atoms with Crippen LogP contribution in [0.15, 0.2) is 47.1 Å². The van der Waals surface area contributed by atoms with E-state index in [0.717, 1.165) is 10.0 Å². The van der Waals surface area contributed by atoms with Gasteiger partial charge in [-0.25, -0.2) is 9.78 Å². The van der Waals surface area contributed by atoms with Gasteiger partial charge in [0.05, 0.1) is 5.56 Å². The third-order valence-corrected chi connectivity index (χ3v) is 3.63. The molecule has 2 aromatic rings. The summed E-state index contributed by atoms with van der Waals surface area (Å²) < 4.78 is 6.00. The van der Waals surface area contributed by atoms with E-state index in [1.165, 1.54) is 0 Å². The molecular weight excluding hydrogens is 336 g/mol. The molecule has 3 rings (SSSR count). The SMILES string of the molecule is O=C1OC(C(=O)Nc2ccc(Br)cn2)Cc2ccccc21. The van der Waals surface area contributed by atoms with Crippen molar-refractivity contribution in [2.75, 3.05) is 5.32 Å². The Hall–Kier alpha value is -2.21. The highest BCUT2D eigenvalue weighted by Crippen LogP contribution is 2.21. The van der Waals surface area contributed by atoms with Crippen LogP contribution in [-0.4, -0.2) is 23.0 Å². The Kier molecular flexibility index (Phi) is 3.70. The second-order valence-corrected chi connectivity index (χ2v) is 5.52. The molecule has 0 bridgehead atoms. The van der Waals surface area contributed by atoms with Gasteiger partial charge >= 0.3 is 5.97 Å². The molecule has 6 heteroatoms. The first-order valence-electron chi connectivity index (χ1n) is 6.35. The van der Waals surface area contributed by atoms with Crippen LogP contribution in [-0.2, 0) is 16.0 Å². The summed E-state index contributed by atoms with van der Waals surface area (Å²) in [7, 11) is 0. The van der Waals surface area contributed by atoms with E-state index in [4.69, 9.17) is 4.74 Å². The summed E-state index contributed by atoms with van der Waals surface area (Å²) in [4.78, 5) is 28.1. The number of pyridine rings is 1. The topological polar surface area (TPSA) is 68.3 Å². The van der Waals surface area contributed by atoms with E-state index in [0.29, 0.717) is 17.8 Å². The first kappa shape index (κ1) is 13.8. The normalized spacial score (nSPS) is 16.8. The zero-order valence-corrected chi connectivity index (χ0v) is 12.5. The van der Waals surface area contributed by atoms with Gasteiger partial charge in [0.2, 0.25) is 0 Å². The van der Waals surface area contributed by atoms with Crippen LogP contribution in [0.2, 0.25) is 0 Å². The van der Waals surface area contributed by atoms with Gasteiger partial charge in [-0.1, -0.05) is 18.2 Å². The quantitative estimate of drug-likeness (QED) is 0.848. The van der Waals surface area contributed by atoms with Crippen LogP contribution < -0.4 is 5.32 Å². The lowest BCUT2D eigenvalue weighted by Crippen LogP contribution is -2.38. The first-order chi connectivity index (χ1) is 10.1. The van der Waals surface area contributed by atoms with Crippen molar-refractivity contribution in [3.05, 3.63) is 58.2 Å². The molecule has 106 valence electrons. The highest BCUT2D eigenvalue weighted by molar-refractivity contribution is 9.10. The number of nitrogens with zero attached hydrogens (tertiary/aromatic N) is 1. The number of carbonyl (C=O) groups is 2. The second kappa shape index (κ2) is 5.65. The molecule has 2 heterocycles. The monoisotopic (exact) mass is 346 g/mol. The molecule has 0 saturated carbocycles. The lowest BCUT2D eigenvalue weighted by Gasteiger charge is -2.23. The molecule has 0 saturated heterocycles. The number of amides is 1. The smallest absolute Gasteiger partial charge is 0.339 e. The zero-order chi connectivity index (χ0) is 14.8. The van der Waals surface area contributed by atoms with Crippen molar-refractivity contribution in [3.8, 4) is 0 Å². The van der Waals surface area contributed by atoms with Crippen LogP contribution >= 0.6 is 15.9 Å². The molecule has 1 aliphatic rings. The van der Waals surface area contributed by atoms with Gasteiger partial charge in [-0.15, -0.1) is 0 Å². The van der Waals surface area contributed by atoms with Crippen molar-refractivity contribution in [3.63, 3.8) is 0 Å². The number of cyclic esters (lactones) is 1. The summed E-state index contributed by atoms with van der Waals surface area (Å²) in [5.41, 5.74) is 1.33. The Morgan fingerprint density at radius 2 is 2.10 bits per heavy atom. The number of halogens is 1. The molecule has 21 heavy (non-hydrogen) atoms. The van der Waals surface area contributed by atoms with Crippen molar-refractivity contribution < 1.29 is 14.3 Å². The molecule has 0 spiro atoms. The lowest BCUT2D eigenvalue weighted by molar-refractivity contribution is -0.125. The third-order valence-electron chi connectivity index (χ3n) is 3.16. The molecule has 1 aromatic heterocycles. The van der Waals surface area contributed by atoms with E-state index in [2.05, 4.69) is 26.2 Å². The van der Waals surface area contributed by atoms with Crippen LogP contribution in [0.3, 0.4) is 0 Å². The maximum absolute atomic E-state index is 12.2. The molecule has 1 amide bonds.